The monoisotopic (exact) mass is 231 g/mol. The van der Waals surface area contributed by atoms with Crippen molar-refractivity contribution in [1.29, 1.82) is 0 Å². The first-order valence-electron chi connectivity index (χ1n) is 5.43. The summed E-state index contributed by atoms with van der Waals surface area (Å²) in [6.45, 7) is 0.555. The van der Waals surface area contributed by atoms with Crippen molar-refractivity contribution in [3.8, 4) is 0 Å². The van der Waals surface area contributed by atoms with Crippen LogP contribution in [0.4, 0.5) is 0 Å². The Morgan fingerprint density at radius 3 is 2.82 bits per heavy atom. The first-order chi connectivity index (χ1) is 8.16. The molecule has 2 N–H and O–H groups in total. The van der Waals surface area contributed by atoms with E-state index in [-0.39, 0.29) is 5.91 Å². The molecule has 0 fully saturated rings. The van der Waals surface area contributed by atoms with Crippen molar-refractivity contribution in [2.75, 3.05) is 6.54 Å². The van der Waals surface area contributed by atoms with Crippen LogP contribution in [0.5, 0.6) is 0 Å². The molecule has 0 saturated heterocycles. The van der Waals surface area contributed by atoms with Crippen molar-refractivity contribution in [2.24, 2.45) is 0 Å². The van der Waals surface area contributed by atoms with E-state index in [0.717, 1.165) is 18.6 Å². The van der Waals surface area contributed by atoms with Gasteiger partial charge in [-0.05, 0) is 17.5 Å². The minimum absolute atomic E-state index is 0.355. The number of carbonyl (C=O) groups excluding carboxylic acids is 1. The summed E-state index contributed by atoms with van der Waals surface area (Å²) in [4.78, 5) is 21.4. The van der Waals surface area contributed by atoms with Gasteiger partial charge in [0.2, 0.25) is 5.91 Å². The number of carboxylic acid groups (broad SMARTS) is 1. The number of amides is 1. The quantitative estimate of drug-likeness (QED) is 0.762. The highest BCUT2D eigenvalue weighted by Crippen LogP contribution is 2.33. The van der Waals surface area contributed by atoms with Gasteiger partial charge in [0.15, 0.2) is 0 Å². The summed E-state index contributed by atoms with van der Waals surface area (Å²) in [6.07, 6.45) is 2.84. The molecule has 1 aromatic rings. The van der Waals surface area contributed by atoms with Crippen LogP contribution in [0.3, 0.4) is 0 Å². The van der Waals surface area contributed by atoms with Crippen molar-refractivity contribution in [3.05, 3.63) is 47.5 Å². The van der Waals surface area contributed by atoms with Crippen LogP contribution in [-0.2, 0) is 16.0 Å². The normalized spacial score (nSPS) is 17.3. The second-order valence-electron chi connectivity index (χ2n) is 4.02. The number of fused-ring (bicyclic) bond motifs is 1. The van der Waals surface area contributed by atoms with E-state index in [0.29, 0.717) is 12.5 Å². The van der Waals surface area contributed by atoms with Gasteiger partial charge >= 0.3 is 5.97 Å². The molecule has 0 saturated carbocycles. The molecule has 1 unspecified atom stereocenters. The van der Waals surface area contributed by atoms with Crippen LogP contribution >= 0.6 is 0 Å². The van der Waals surface area contributed by atoms with Gasteiger partial charge < -0.3 is 10.4 Å². The van der Waals surface area contributed by atoms with Gasteiger partial charge in [0, 0.05) is 24.6 Å². The van der Waals surface area contributed by atoms with Crippen LogP contribution in [0.1, 0.15) is 17.0 Å². The second kappa shape index (κ2) is 4.82. The molecule has 0 bridgehead atoms. The Hall–Kier alpha value is -2.10. The highest BCUT2D eigenvalue weighted by Gasteiger charge is 2.25. The number of nitrogens with one attached hydrogen (secondary N) is 1. The maximum absolute atomic E-state index is 11.2. The van der Waals surface area contributed by atoms with Gasteiger partial charge in [-0.1, -0.05) is 24.3 Å². The van der Waals surface area contributed by atoms with Gasteiger partial charge in [-0.25, -0.2) is 4.79 Å². The molecule has 1 aliphatic carbocycles. The minimum Gasteiger partial charge on any atom is -0.478 e. The van der Waals surface area contributed by atoms with Crippen molar-refractivity contribution in [1.82, 2.24) is 5.32 Å². The zero-order valence-electron chi connectivity index (χ0n) is 9.22. The zero-order valence-corrected chi connectivity index (χ0v) is 9.22. The molecule has 88 valence electrons. The lowest BCUT2D eigenvalue weighted by Gasteiger charge is -2.29. The summed E-state index contributed by atoms with van der Waals surface area (Å²) < 4.78 is 0. The van der Waals surface area contributed by atoms with Crippen LogP contribution in [0, 0.1) is 0 Å². The van der Waals surface area contributed by atoms with Crippen LogP contribution in [0.25, 0.3) is 0 Å². The summed E-state index contributed by atoms with van der Waals surface area (Å²) in [5.41, 5.74) is 2.60. The fourth-order valence-corrected chi connectivity index (χ4v) is 1.97. The van der Waals surface area contributed by atoms with Crippen molar-refractivity contribution >= 4 is 11.9 Å². The standard InChI is InChI=1S/C13H13NO3/c15-12(5-6-13(16)17)14-8-10-7-9-3-1-2-4-11(9)10/h1-6,10H,7-8H2,(H,14,15)(H,16,17)/b6-5+. The molecule has 1 aromatic carbocycles. The lowest BCUT2D eigenvalue weighted by molar-refractivity contribution is -0.131. The highest BCUT2D eigenvalue weighted by atomic mass is 16.4. The molecule has 4 heteroatoms. The first-order valence-corrected chi connectivity index (χ1v) is 5.43. The zero-order chi connectivity index (χ0) is 12.3. The van der Waals surface area contributed by atoms with Crippen LogP contribution in [0.2, 0.25) is 0 Å². The number of aliphatic carboxylic acids is 1. The van der Waals surface area contributed by atoms with Crippen LogP contribution < -0.4 is 5.32 Å². The van der Waals surface area contributed by atoms with Crippen molar-refractivity contribution in [2.45, 2.75) is 12.3 Å². The molecule has 0 spiro atoms. The van der Waals surface area contributed by atoms with E-state index in [1.54, 1.807) is 0 Å². The average Bonchev–Trinajstić information content (AvgIpc) is 2.27. The number of carboxylic acids is 1. The van der Waals surface area contributed by atoms with Crippen LogP contribution in [-0.4, -0.2) is 23.5 Å². The van der Waals surface area contributed by atoms with Gasteiger partial charge in [-0.15, -0.1) is 0 Å². The third kappa shape index (κ3) is 2.72. The molecule has 17 heavy (non-hydrogen) atoms. The van der Waals surface area contributed by atoms with Crippen molar-refractivity contribution in [3.63, 3.8) is 0 Å². The number of carbonyl (C=O) groups is 2. The number of benzene rings is 1. The van der Waals surface area contributed by atoms with Crippen molar-refractivity contribution < 1.29 is 14.7 Å². The Labute approximate surface area is 99.0 Å². The van der Waals surface area contributed by atoms with E-state index < -0.39 is 5.97 Å². The van der Waals surface area contributed by atoms with E-state index >= 15 is 0 Å². The van der Waals surface area contributed by atoms with Gasteiger partial charge in [0.05, 0.1) is 0 Å². The predicted octanol–water partition coefficient (Wildman–Crippen LogP) is 1.08. The molecule has 0 aliphatic heterocycles. The maximum Gasteiger partial charge on any atom is 0.328 e. The molecule has 1 atom stereocenters. The van der Waals surface area contributed by atoms with E-state index in [2.05, 4.69) is 17.4 Å². The molecule has 0 aromatic heterocycles. The topological polar surface area (TPSA) is 66.4 Å². The summed E-state index contributed by atoms with van der Waals surface area (Å²) in [5, 5.41) is 11.1. The number of hydrogen-bond donors (Lipinski definition) is 2. The van der Waals surface area contributed by atoms with E-state index in [1.807, 2.05) is 12.1 Å². The largest absolute Gasteiger partial charge is 0.478 e. The predicted molar refractivity (Wildman–Crippen MR) is 62.7 cm³/mol. The number of hydrogen-bond acceptors (Lipinski definition) is 2. The van der Waals surface area contributed by atoms with Crippen LogP contribution in [0.15, 0.2) is 36.4 Å². The first kappa shape index (κ1) is 11.4. The Morgan fingerprint density at radius 2 is 2.12 bits per heavy atom. The van der Waals surface area contributed by atoms with Gasteiger partial charge in [-0.2, -0.15) is 0 Å². The van der Waals surface area contributed by atoms with E-state index in [4.69, 9.17) is 5.11 Å². The Morgan fingerprint density at radius 1 is 1.35 bits per heavy atom. The van der Waals surface area contributed by atoms with Gasteiger partial charge in [0.25, 0.3) is 0 Å². The molecule has 4 nitrogen and oxygen atoms in total. The van der Waals surface area contributed by atoms with E-state index in [1.165, 1.54) is 11.1 Å². The summed E-state index contributed by atoms with van der Waals surface area (Å²) >= 11 is 0. The summed E-state index contributed by atoms with van der Waals surface area (Å²) in [5.74, 6) is -1.13. The Kier molecular flexibility index (Phi) is 3.23. The highest BCUT2D eigenvalue weighted by molar-refractivity contribution is 5.93. The summed E-state index contributed by atoms with van der Waals surface area (Å²) in [7, 11) is 0. The maximum atomic E-state index is 11.2. The molecule has 1 amide bonds. The molecular weight excluding hydrogens is 218 g/mol. The smallest absolute Gasteiger partial charge is 0.328 e. The minimum atomic E-state index is -1.12. The van der Waals surface area contributed by atoms with E-state index in [9.17, 15) is 9.59 Å². The Bertz CT molecular complexity index is 479. The molecule has 1 aliphatic rings. The molecule has 0 heterocycles. The summed E-state index contributed by atoms with van der Waals surface area (Å²) in [6, 6.07) is 8.13. The fourth-order valence-electron chi connectivity index (χ4n) is 1.97. The third-order valence-electron chi connectivity index (χ3n) is 2.86. The molecule has 2 rings (SSSR count). The van der Waals surface area contributed by atoms with Gasteiger partial charge in [-0.3, -0.25) is 4.79 Å². The SMILES string of the molecule is O=C(O)/C=C/C(=O)NCC1Cc2ccccc21. The number of rotatable bonds is 4. The van der Waals surface area contributed by atoms with Gasteiger partial charge in [0.1, 0.15) is 0 Å². The molecule has 0 radical (unpaired) electrons. The lowest BCUT2D eigenvalue weighted by atomic mass is 9.77. The second-order valence-corrected chi connectivity index (χ2v) is 4.02. The average molecular weight is 231 g/mol. The third-order valence-corrected chi connectivity index (χ3v) is 2.86. The molecular formula is C13H13NO3. The lowest BCUT2D eigenvalue weighted by Crippen LogP contribution is -2.32. The Balaban J connectivity index is 1.82. The fraction of sp³-hybridized carbons (Fsp3) is 0.231.